The summed E-state index contributed by atoms with van der Waals surface area (Å²) in [6.45, 7) is 8.06. The van der Waals surface area contributed by atoms with Crippen LogP contribution in [0.15, 0.2) is 59.6 Å². The van der Waals surface area contributed by atoms with Gasteiger partial charge in [0.25, 0.3) is 0 Å². The SMILES string of the molecule is CCN(CC)Cc1cccc(CN=C(N)Nc2ccccc2)c1. The van der Waals surface area contributed by atoms with Crippen LogP contribution in [-0.2, 0) is 13.1 Å². The Labute approximate surface area is 139 Å². The first kappa shape index (κ1) is 17.0. The lowest BCUT2D eigenvalue weighted by atomic mass is 10.1. The van der Waals surface area contributed by atoms with Gasteiger partial charge in [-0.3, -0.25) is 4.90 Å². The molecule has 0 saturated carbocycles. The summed E-state index contributed by atoms with van der Waals surface area (Å²) in [4.78, 5) is 6.82. The zero-order valence-corrected chi connectivity index (χ0v) is 14.0. The maximum Gasteiger partial charge on any atom is 0.193 e. The fourth-order valence-corrected chi connectivity index (χ4v) is 2.42. The van der Waals surface area contributed by atoms with Crippen LogP contribution in [0.3, 0.4) is 0 Å². The fraction of sp³-hybridized carbons (Fsp3) is 0.316. The summed E-state index contributed by atoms with van der Waals surface area (Å²) in [5, 5.41) is 3.10. The van der Waals surface area contributed by atoms with Crippen molar-refractivity contribution in [2.45, 2.75) is 26.9 Å². The molecule has 0 aromatic heterocycles. The summed E-state index contributed by atoms with van der Waals surface area (Å²) in [7, 11) is 0. The summed E-state index contributed by atoms with van der Waals surface area (Å²) < 4.78 is 0. The number of nitrogens with one attached hydrogen (secondary N) is 1. The molecular formula is C19H26N4. The summed E-state index contributed by atoms with van der Waals surface area (Å²) in [5.74, 6) is 0.436. The van der Waals surface area contributed by atoms with Crippen molar-refractivity contribution in [1.29, 1.82) is 0 Å². The molecule has 0 radical (unpaired) electrons. The lowest BCUT2D eigenvalue weighted by Gasteiger charge is -2.18. The number of rotatable bonds is 7. The molecule has 2 aromatic rings. The molecular weight excluding hydrogens is 284 g/mol. The number of hydrogen-bond acceptors (Lipinski definition) is 2. The third kappa shape index (κ3) is 5.75. The first-order valence-electron chi connectivity index (χ1n) is 8.13. The minimum Gasteiger partial charge on any atom is -0.370 e. The van der Waals surface area contributed by atoms with Crippen LogP contribution in [0, 0.1) is 0 Å². The number of nitrogens with two attached hydrogens (primary N) is 1. The van der Waals surface area contributed by atoms with Gasteiger partial charge in [0.15, 0.2) is 5.96 Å². The summed E-state index contributed by atoms with van der Waals surface area (Å²) >= 11 is 0. The molecule has 0 amide bonds. The Balaban J connectivity index is 1.95. The van der Waals surface area contributed by atoms with Crippen LogP contribution < -0.4 is 11.1 Å². The van der Waals surface area contributed by atoms with Crippen molar-refractivity contribution >= 4 is 11.6 Å². The number of para-hydroxylation sites is 1. The van der Waals surface area contributed by atoms with Crippen molar-refractivity contribution < 1.29 is 0 Å². The predicted octanol–water partition coefficient (Wildman–Crippen LogP) is 3.46. The second-order valence-electron chi connectivity index (χ2n) is 5.47. The van der Waals surface area contributed by atoms with Gasteiger partial charge in [-0.25, -0.2) is 4.99 Å². The van der Waals surface area contributed by atoms with E-state index in [1.165, 1.54) is 11.1 Å². The smallest absolute Gasteiger partial charge is 0.193 e. The van der Waals surface area contributed by atoms with Crippen molar-refractivity contribution in [2.75, 3.05) is 18.4 Å². The van der Waals surface area contributed by atoms with Gasteiger partial charge in [0.2, 0.25) is 0 Å². The average molecular weight is 310 g/mol. The van der Waals surface area contributed by atoms with Gasteiger partial charge in [0, 0.05) is 12.2 Å². The molecule has 4 heteroatoms. The molecule has 4 nitrogen and oxygen atoms in total. The first-order chi connectivity index (χ1) is 11.2. The van der Waals surface area contributed by atoms with Crippen LogP contribution in [0.25, 0.3) is 0 Å². The van der Waals surface area contributed by atoms with E-state index in [0.717, 1.165) is 25.3 Å². The van der Waals surface area contributed by atoms with E-state index in [-0.39, 0.29) is 0 Å². The molecule has 23 heavy (non-hydrogen) atoms. The van der Waals surface area contributed by atoms with Gasteiger partial charge in [0.1, 0.15) is 0 Å². The fourth-order valence-electron chi connectivity index (χ4n) is 2.42. The number of nitrogens with zero attached hydrogens (tertiary/aromatic N) is 2. The standard InChI is InChI=1S/C19H26N4/c1-3-23(4-2)15-17-10-8-9-16(13-17)14-21-19(20)22-18-11-6-5-7-12-18/h5-13H,3-4,14-15H2,1-2H3,(H3,20,21,22). The largest absolute Gasteiger partial charge is 0.370 e. The molecule has 0 fully saturated rings. The van der Waals surface area contributed by atoms with Crippen molar-refractivity contribution in [3.05, 3.63) is 65.7 Å². The molecule has 0 saturated heterocycles. The topological polar surface area (TPSA) is 53.6 Å². The van der Waals surface area contributed by atoms with Crippen molar-refractivity contribution in [3.8, 4) is 0 Å². The molecule has 2 rings (SSSR count). The minimum atomic E-state index is 0.436. The van der Waals surface area contributed by atoms with E-state index in [1.54, 1.807) is 0 Å². The van der Waals surface area contributed by atoms with Gasteiger partial charge in [-0.2, -0.15) is 0 Å². The summed E-state index contributed by atoms with van der Waals surface area (Å²) in [6.07, 6.45) is 0. The van der Waals surface area contributed by atoms with Crippen molar-refractivity contribution in [3.63, 3.8) is 0 Å². The van der Waals surface area contributed by atoms with Crippen LogP contribution in [-0.4, -0.2) is 23.9 Å². The van der Waals surface area contributed by atoms with Crippen LogP contribution in [0.1, 0.15) is 25.0 Å². The lowest BCUT2D eigenvalue weighted by Crippen LogP contribution is -2.22. The number of benzene rings is 2. The molecule has 0 aliphatic carbocycles. The van der Waals surface area contributed by atoms with E-state index in [4.69, 9.17) is 5.73 Å². The number of anilines is 1. The van der Waals surface area contributed by atoms with Crippen LogP contribution in [0.2, 0.25) is 0 Å². The van der Waals surface area contributed by atoms with E-state index < -0.39 is 0 Å². The predicted molar refractivity (Wildman–Crippen MR) is 98.5 cm³/mol. The van der Waals surface area contributed by atoms with E-state index >= 15 is 0 Å². The molecule has 0 bridgehead atoms. The molecule has 0 spiro atoms. The first-order valence-corrected chi connectivity index (χ1v) is 8.13. The van der Waals surface area contributed by atoms with E-state index in [0.29, 0.717) is 12.5 Å². The molecule has 0 unspecified atom stereocenters. The summed E-state index contributed by atoms with van der Waals surface area (Å²) in [6, 6.07) is 18.4. The van der Waals surface area contributed by atoms with Gasteiger partial charge >= 0.3 is 0 Å². The highest BCUT2D eigenvalue weighted by Gasteiger charge is 2.02. The number of aliphatic imine (C=N–C) groups is 1. The monoisotopic (exact) mass is 310 g/mol. The molecule has 0 heterocycles. The van der Waals surface area contributed by atoms with E-state index in [2.05, 4.69) is 53.3 Å². The number of guanidine groups is 1. The molecule has 0 aliphatic rings. The zero-order chi connectivity index (χ0) is 16.5. The lowest BCUT2D eigenvalue weighted by molar-refractivity contribution is 0.296. The van der Waals surface area contributed by atoms with E-state index in [9.17, 15) is 0 Å². The van der Waals surface area contributed by atoms with Gasteiger partial charge in [0.05, 0.1) is 6.54 Å². The van der Waals surface area contributed by atoms with Gasteiger partial charge < -0.3 is 11.1 Å². The highest BCUT2D eigenvalue weighted by atomic mass is 15.1. The minimum absolute atomic E-state index is 0.436. The Bertz CT molecular complexity index is 618. The quantitative estimate of drug-likeness (QED) is 0.608. The normalized spacial score (nSPS) is 11.7. The Hall–Kier alpha value is -2.33. The van der Waals surface area contributed by atoms with Crippen LogP contribution >= 0.6 is 0 Å². The van der Waals surface area contributed by atoms with Crippen molar-refractivity contribution in [1.82, 2.24) is 4.90 Å². The van der Waals surface area contributed by atoms with Gasteiger partial charge in [-0.1, -0.05) is 56.3 Å². The maximum atomic E-state index is 5.95. The van der Waals surface area contributed by atoms with Crippen molar-refractivity contribution in [2.24, 2.45) is 10.7 Å². The molecule has 0 atom stereocenters. The Morgan fingerprint density at radius 1 is 1.00 bits per heavy atom. The maximum absolute atomic E-state index is 5.95. The zero-order valence-electron chi connectivity index (χ0n) is 14.0. The second-order valence-corrected chi connectivity index (χ2v) is 5.47. The third-order valence-electron chi connectivity index (χ3n) is 3.77. The number of hydrogen-bond donors (Lipinski definition) is 2. The molecule has 3 N–H and O–H groups in total. The Morgan fingerprint density at radius 2 is 1.70 bits per heavy atom. The average Bonchev–Trinajstić information content (AvgIpc) is 2.59. The molecule has 2 aromatic carbocycles. The highest BCUT2D eigenvalue weighted by molar-refractivity contribution is 5.92. The molecule has 122 valence electrons. The Kier molecular flexibility index (Phi) is 6.63. The van der Waals surface area contributed by atoms with Crippen LogP contribution in [0.4, 0.5) is 5.69 Å². The second kappa shape index (κ2) is 8.96. The van der Waals surface area contributed by atoms with E-state index in [1.807, 2.05) is 30.3 Å². The van der Waals surface area contributed by atoms with Crippen LogP contribution in [0.5, 0.6) is 0 Å². The Morgan fingerprint density at radius 3 is 2.39 bits per heavy atom. The molecule has 0 aliphatic heterocycles. The van der Waals surface area contributed by atoms with Gasteiger partial charge in [-0.05, 0) is 36.3 Å². The highest BCUT2D eigenvalue weighted by Crippen LogP contribution is 2.10. The third-order valence-corrected chi connectivity index (χ3v) is 3.77. The van der Waals surface area contributed by atoms with Gasteiger partial charge in [-0.15, -0.1) is 0 Å². The summed E-state index contributed by atoms with van der Waals surface area (Å²) in [5.41, 5.74) is 9.38.